The molecule has 0 amide bonds. The molecule has 7 heteroatoms. The summed E-state index contributed by atoms with van der Waals surface area (Å²) in [6.45, 7) is 0.961. The molecule has 0 unspecified atom stereocenters. The zero-order valence-corrected chi connectivity index (χ0v) is 21.5. The van der Waals surface area contributed by atoms with Gasteiger partial charge in [0, 0.05) is 40.9 Å². The Hall–Kier alpha value is -4.86. The van der Waals surface area contributed by atoms with Gasteiger partial charge in [-0.05, 0) is 71.3 Å². The number of aromatic carboxylic acids is 1. The van der Waals surface area contributed by atoms with Crippen LogP contribution in [0.15, 0.2) is 97.2 Å². The lowest BCUT2D eigenvalue weighted by molar-refractivity contribution is 0.0696. The van der Waals surface area contributed by atoms with E-state index in [0.29, 0.717) is 23.7 Å². The minimum absolute atomic E-state index is 0.234. The van der Waals surface area contributed by atoms with Gasteiger partial charge in [-0.1, -0.05) is 54.1 Å². The highest BCUT2D eigenvalue weighted by molar-refractivity contribution is 6.31. The van der Waals surface area contributed by atoms with Gasteiger partial charge in [0.15, 0.2) is 0 Å². The molecule has 0 atom stereocenters. The predicted molar refractivity (Wildman–Crippen MR) is 153 cm³/mol. The second-order valence-electron chi connectivity index (χ2n) is 9.11. The predicted octanol–water partition coefficient (Wildman–Crippen LogP) is 7.86. The normalized spacial score (nSPS) is 11.4. The molecule has 0 aliphatic heterocycles. The summed E-state index contributed by atoms with van der Waals surface area (Å²) < 4.78 is 15.4. The number of carboxylic acid groups (broad SMARTS) is 1. The maximum Gasteiger partial charge on any atom is 0.335 e. The molecule has 1 aromatic heterocycles. The summed E-state index contributed by atoms with van der Waals surface area (Å²) in [5.74, 6) is -1.25. The Morgan fingerprint density at radius 2 is 1.74 bits per heavy atom. The molecule has 0 aliphatic rings. The molecule has 0 fully saturated rings. The third kappa shape index (κ3) is 6.01. The van der Waals surface area contributed by atoms with E-state index < -0.39 is 5.97 Å². The number of hydrogen-bond donors (Lipinski definition) is 2. The fraction of sp³-hybridized carbons (Fsp3) is 0.0625. The van der Waals surface area contributed by atoms with Crippen molar-refractivity contribution in [1.29, 1.82) is 5.26 Å². The van der Waals surface area contributed by atoms with Crippen LogP contribution < -0.4 is 5.32 Å². The van der Waals surface area contributed by atoms with E-state index >= 15 is 0 Å². The Kier molecular flexibility index (Phi) is 7.44. The molecule has 5 aromatic rings. The Labute approximate surface area is 230 Å². The van der Waals surface area contributed by atoms with Crippen LogP contribution in [0.4, 0.5) is 10.1 Å². The first-order valence-electron chi connectivity index (χ1n) is 12.2. The zero-order chi connectivity index (χ0) is 27.4. The van der Waals surface area contributed by atoms with Gasteiger partial charge in [0.25, 0.3) is 0 Å². The summed E-state index contributed by atoms with van der Waals surface area (Å²) in [5.41, 5.74) is 5.83. The van der Waals surface area contributed by atoms with Crippen molar-refractivity contribution < 1.29 is 14.3 Å². The smallest absolute Gasteiger partial charge is 0.335 e. The van der Waals surface area contributed by atoms with Crippen molar-refractivity contribution in [3.8, 4) is 6.07 Å². The number of allylic oxidation sites excluding steroid dienone is 1. The van der Waals surface area contributed by atoms with Crippen LogP contribution in [-0.4, -0.2) is 15.6 Å². The van der Waals surface area contributed by atoms with Crippen molar-refractivity contribution >= 4 is 45.8 Å². The molecule has 2 N–H and O–H groups in total. The molecule has 1 heterocycles. The Morgan fingerprint density at radius 3 is 2.51 bits per heavy atom. The Bertz CT molecular complexity index is 1750. The van der Waals surface area contributed by atoms with E-state index in [2.05, 4.69) is 11.4 Å². The van der Waals surface area contributed by atoms with Gasteiger partial charge in [-0.25, -0.2) is 9.18 Å². The van der Waals surface area contributed by atoms with Crippen LogP contribution in [0, 0.1) is 17.1 Å². The van der Waals surface area contributed by atoms with Crippen LogP contribution in [0.2, 0.25) is 5.02 Å². The van der Waals surface area contributed by atoms with Gasteiger partial charge in [-0.3, -0.25) is 0 Å². The quantitative estimate of drug-likeness (QED) is 0.198. The van der Waals surface area contributed by atoms with Crippen molar-refractivity contribution in [3.05, 3.63) is 136 Å². The Morgan fingerprint density at radius 1 is 0.974 bits per heavy atom. The Balaban J connectivity index is 1.44. The summed E-state index contributed by atoms with van der Waals surface area (Å²) in [4.78, 5) is 11.3. The minimum atomic E-state index is -0.969. The molecule has 5 rings (SSSR count). The summed E-state index contributed by atoms with van der Waals surface area (Å²) in [5, 5.41) is 24.1. The first-order valence-corrected chi connectivity index (χ1v) is 12.6. The number of carboxylic acids is 1. The maximum atomic E-state index is 13.4. The lowest BCUT2D eigenvalue weighted by Gasteiger charge is -2.09. The average molecular weight is 536 g/mol. The number of nitriles is 1. The molecule has 0 aliphatic carbocycles. The van der Waals surface area contributed by atoms with Crippen molar-refractivity contribution in [1.82, 2.24) is 4.57 Å². The number of rotatable bonds is 8. The second kappa shape index (κ2) is 11.3. The van der Waals surface area contributed by atoms with Crippen molar-refractivity contribution in [2.24, 2.45) is 0 Å². The molecular formula is C32H23ClFN3O2. The standard InChI is InChI=1S/C32H23ClFN3O2/c33-27-9-12-30-26(20-37(31(30)16-27)19-21-7-10-28(34)11-8-21)14-25(17-35)23-4-2-6-29(15-23)36-18-22-3-1-5-24(13-22)32(38)39/h1-16,20,36H,18-19H2,(H,38,39)/b25-14+. The number of nitrogens with one attached hydrogen (secondary N) is 1. The largest absolute Gasteiger partial charge is 0.478 e. The second-order valence-corrected chi connectivity index (χ2v) is 9.55. The monoisotopic (exact) mass is 535 g/mol. The number of carbonyl (C=O) groups is 1. The van der Waals surface area contributed by atoms with E-state index in [1.807, 2.05) is 65.4 Å². The van der Waals surface area contributed by atoms with Gasteiger partial charge in [-0.2, -0.15) is 5.26 Å². The summed E-state index contributed by atoms with van der Waals surface area (Å²) in [6, 6.07) is 28.6. The molecule has 0 saturated heterocycles. The fourth-order valence-corrected chi connectivity index (χ4v) is 4.64. The van der Waals surface area contributed by atoms with E-state index in [1.165, 1.54) is 12.1 Å². The highest BCUT2D eigenvalue weighted by Gasteiger charge is 2.11. The van der Waals surface area contributed by atoms with E-state index in [1.54, 1.807) is 30.3 Å². The van der Waals surface area contributed by atoms with Gasteiger partial charge in [0.05, 0.1) is 22.7 Å². The van der Waals surface area contributed by atoms with Crippen LogP contribution in [0.1, 0.15) is 32.6 Å². The SMILES string of the molecule is N#C/C(=C\c1cn(Cc2ccc(F)cc2)c2cc(Cl)ccc12)c1cccc(NCc2cccc(C(=O)O)c2)c1. The van der Waals surface area contributed by atoms with Crippen molar-refractivity contribution in [3.63, 3.8) is 0 Å². The third-order valence-corrected chi connectivity index (χ3v) is 6.64. The number of anilines is 1. The molecule has 0 bridgehead atoms. The van der Waals surface area contributed by atoms with Crippen molar-refractivity contribution in [2.45, 2.75) is 13.1 Å². The van der Waals surface area contributed by atoms with Crippen LogP contribution >= 0.6 is 11.6 Å². The topological polar surface area (TPSA) is 78.0 Å². The molecular weight excluding hydrogens is 513 g/mol. The highest BCUT2D eigenvalue weighted by Crippen LogP contribution is 2.30. The molecule has 0 radical (unpaired) electrons. The molecule has 0 spiro atoms. The highest BCUT2D eigenvalue weighted by atomic mass is 35.5. The van der Waals surface area contributed by atoms with Gasteiger partial charge in [-0.15, -0.1) is 0 Å². The van der Waals surface area contributed by atoms with Crippen LogP contribution in [0.3, 0.4) is 0 Å². The van der Waals surface area contributed by atoms with E-state index in [0.717, 1.165) is 38.8 Å². The number of nitrogens with zero attached hydrogens (tertiary/aromatic N) is 2. The molecule has 192 valence electrons. The molecule has 0 saturated carbocycles. The fourth-order valence-electron chi connectivity index (χ4n) is 4.48. The van der Waals surface area contributed by atoms with E-state index in [4.69, 9.17) is 11.6 Å². The zero-order valence-electron chi connectivity index (χ0n) is 20.7. The van der Waals surface area contributed by atoms with Crippen molar-refractivity contribution in [2.75, 3.05) is 5.32 Å². The van der Waals surface area contributed by atoms with E-state index in [-0.39, 0.29) is 11.4 Å². The maximum absolute atomic E-state index is 13.4. The first kappa shape index (κ1) is 25.8. The number of halogens is 2. The average Bonchev–Trinajstić information content (AvgIpc) is 3.27. The van der Waals surface area contributed by atoms with E-state index in [9.17, 15) is 19.6 Å². The summed E-state index contributed by atoms with van der Waals surface area (Å²) in [6.07, 6.45) is 3.83. The summed E-state index contributed by atoms with van der Waals surface area (Å²) in [7, 11) is 0. The summed E-state index contributed by atoms with van der Waals surface area (Å²) >= 11 is 6.30. The van der Waals surface area contributed by atoms with Gasteiger partial charge in [0.1, 0.15) is 5.82 Å². The third-order valence-electron chi connectivity index (χ3n) is 6.41. The number of benzene rings is 4. The molecule has 5 nitrogen and oxygen atoms in total. The lowest BCUT2D eigenvalue weighted by atomic mass is 10.0. The van der Waals surface area contributed by atoms with Gasteiger partial charge in [0.2, 0.25) is 0 Å². The molecule has 4 aromatic carbocycles. The van der Waals surface area contributed by atoms with Gasteiger partial charge < -0.3 is 15.0 Å². The number of hydrogen-bond acceptors (Lipinski definition) is 3. The number of aromatic nitrogens is 1. The molecule has 39 heavy (non-hydrogen) atoms. The minimum Gasteiger partial charge on any atom is -0.478 e. The first-order chi connectivity index (χ1) is 18.9. The van der Waals surface area contributed by atoms with Crippen LogP contribution in [0.25, 0.3) is 22.6 Å². The number of fused-ring (bicyclic) bond motifs is 1. The van der Waals surface area contributed by atoms with Gasteiger partial charge >= 0.3 is 5.97 Å². The van der Waals surface area contributed by atoms with Crippen LogP contribution in [0.5, 0.6) is 0 Å². The lowest BCUT2D eigenvalue weighted by Crippen LogP contribution is -2.02. The van der Waals surface area contributed by atoms with Crippen LogP contribution in [-0.2, 0) is 13.1 Å².